The average Bonchev–Trinajstić information content (AvgIpc) is 2.74. The van der Waals surface area contributed by atoms with Crippen molar-refractivity contribution in [2.24, 2.45) is 11.7 Å². The van der Waals surface area contributed by atoms with Crippen LogP contribution in [0.3, 0.4) is 0 Å². The topological polar surface area (TPSA) is 72.6 Å². The van der Waals surface area contributed by atoms with Gasteiger partial charge in [-0.05, 0) is 25.2 Å². The van der Waals surface area contributed by atoms with Gasteiger partial charge in [0.05, 0.1) is 13.2 Å². The molecular weight excluding hydrogens is 256 g/mol. The third kappa shape index (κ3) is 4.14. The lowest BCUT2D eigenvalue weighted by molar-refractivity contribution is -0.151. The summed E-state index contributed by atoms with van der Waals surface area (Å²) in [6.07, 6.45) is 2.15. The van der Waals surface area contributed by atoms with E-state index in [2.05, 4.69) is 0 Å². The highest BCUT2D eigenvalue weighted by atomic mass is 35.5. The van der Waals surface area contributed by atoms with Crippen molar-refractivity contribution in [3.63, 3.8) is 0 Å². The summed E-state index contributed by atoms with van der Waals surface area (Å²) in [4.78, 5) is 25.2. The number of carbonyl (C=O) groups is 2. The third-order valence-corrected chi connectivity index (χ3v) is 3.05. The fourth-order valence-corrected chi connectivity index (χ4v) is 2.23. The molecule has 6 heteroatoms. The molecule has 1 rings (SSSR count). The number of likely N-dealkylation sites (tertiary alicyclic amines) is 1. The van der Waals surface area contributed by atoms with Crippen LogP contribution in [0.2, 0.25) is 0 Å². The zero-order chi connectivity index (χ0) is 13.0. The molecule has 2 atom stereocenters. The van der Waals surface area contributed by atoms with Crippen LogP contribution < -0.4 is 5.73 Å². The van der Waals surface area contributed by atoms with E-state index in [1.165, 1.54) is 7.11 Å². The Balaban J connectivity index is 0.00000289. The zero-order valence-corrected chi connectivity index (χ0v) is 12.0. The van der Waals surface area contributed by atoms with Gasteiger partial charge in [0.15, 0.2) is 0 Å². The summed E-state index contributed by atoms with van der Waals surface area (Å²) in [5.74, 6) is -0.104. The molecule has 5 nitrogen and oxygen atoms in total. The Kier molecular flexibility index (Phi) is 7.25. The van der Waals surface area contributed by atoms with Gasteiger partial charge in [0.2, 0.25) is 5.91 Å². The van der Waals surface area contributed by atoms with Crippen molar-refractivity contribution in [1.82, 2.24) is 4.90 Å². The first-order valence-electron chi connectivity index (χ1n) is 6.11. The Morgan fingerprint density at radius 2 is 2.06 bits per heavy atom. The highest BCUT2D eigenvalue weighted by Crippen LogP contribution is 2.20. The summed E-state index contributed by atoms with van der Waals surface area (Å²) in [6.45, 7) is 4.65. The largest absolute Gasteiger partial charge is 0.467 e. The number of nitrogens with zero attached hydrogens (tertiary/aromatic N) is 1. The number of hydrogen-bond acceptors (Lipinski definition) is 4. The quantitative estimate of drug-likeness (QED) is 0.777. The molecule has 1 aliphatic heterocycles. The van der Waals surface area contributed by atoms with Crippen molar-refractivity contribution in [2.45, 2.75) is 45.2 Å². The minimum absolute atomic E-state index is 0. The summed E-state index contributed by atoms with van der Waals surface area (Å²) >= 11 is 0. The molecule has 0 aliphatic carbocycles. The maximum atomic E-state index is 12.1. The second kappa shape index (κ2) is 7.59. The maximum absolute atomic E-state index is 12.1. The van der Waals surface area contributed by atoms with E-state index in [9.17, 15) is 9.59 Å². The second-order valence-electron chi connectivity index (χ2n) is 4.95. The van der Waals surface area contributed by atoms with Gasteiger partial charge in [-0.25, -0.2) is 4.79 Å². The fourth-order valence-electron chi connectivity index (χ4n) is 2.23. The highest BCUT2D eigenvalue weighted by Gasteiger charge is 2.36. The van der Waals surface area contributed by atoms with Gasteiger partial charge in [0, 0.05) is 6.54 Å². The number of ether oxygens (including phenoxy) is 1. The molecule has 0 radical (unpaired) electrons. The zero-order valence-electron chi connectivity index (χ0n) is 11.2. The lowest BCUT2D eigenvalue weighted by Gasteiger charge is -2.26. The van der Waals surface area contributed by atoms with Gasteiger partial charge >= 0.3 is 5.97 Å². The van der Waals surface area contributed by atoms with Crippen LogP contribution in [0.4, 0.5) is 0 Å². The smallest absolute Gasteiger partial charge is 0.328 e. The number of amides is 1. The highest BCUT2D eigenvalue weighted by molar-refractivity contribution is 5.88. The first-order chi connectivity index (χ1) is 7.97. The predicted octanol–water partition coefficient (Wildman–Crippen LogP) is 0.946. The van der Waals surface area contributed by atoms with E-state index in [0.717, 1.165) is 6.42 Å². The van der Waals surface area contributed by atoms with Crippen molar-refractivity contribution in [3.8, 4) is 0 Å². The van der Waals surface area contributed by atoms with E-state index in [-0.39, 0.29) is 24.3 Å². The number of rotatable bonds is 4. The Morgan fingerprint density at radius 1 is 1.44 bits per heavy atom. The van der Waals surface area contributed by atoms with Crippen LogP contribution >= 0.6 is 12.4 Å². The second-order valence-corrected chi connectivity index (χ2v) is 4.95. The maximum Gasteiger partial charge on any atom is 0.328 e. The lowest BCUT2D eigenvalue weighted by Crippen LogP contribution is -2.49. The molecule has 1 fully saturated rings. The molecule has 1 aliphatic rings. The van der Waals surface area contributed by atoms with Crippen LogP contribution in [-0.4, -0.2) is 42.5 Å². The first kappa shape index (κ1) is 17.2. The Bertz CT molecular complexity index is 297. The Labute approximate surface area is 114 Å². The van der Waals surface area contributed by atoms with Gasteiger partial charge in [-0.3, -0.25) is 4.79 Å². The molecule has 0 spiro atoms. The number of esters is 1. The van der Waals surface area contributed by atoms with Crippen LogP contribution in [-0.2, 0) is 14.3 Å². The molecule has 18 heavy (non-hydrogen) atoms. The summed E-state index contributed by atoms with van der Waals surface area (Å²) in [5.41, 5.74) is 5.86. The number of halogens is 1. The van der Waals surface area contributed by atoms with E-state index in [1.54, 1.807) is 4.90 Å². The molecule has 1 saturated heterocycles. The van der Waals surface area contributed by atoms with Gasteiger partial charge < -0.3 is 15.4 Å². The van der Waals surface area contributed by atoms with Crippen molar-refractivity contribution >= 4 is 24.3 Å². The van der Waals surface area contributed by atoms with Crippen LogP contribution in [0, 0.1) is 5.92 Å². The summed E-state index contributed by atoms with van der Waals surface area (Å²) in [7, 11) is 1.34. The molecule has 106 valence electrons. The van der Waals surface area contributed by atoms with E-state index in [0.29, 0.717) is 25.3 Å². The Morgan fingerprint density at radius 3 is 2.56 bits per heavy atom. The standard InChI is InChI=1S/C12H22N2O3.ClH/c1-8(2)7-9(13)11(15)14-6-4-5-10(14)12(16)17-3;/h8-10H,4-7,13H2,1-3H3;1H. The van der Waals surface area contributed by atoms with Crippen LogP contribution in [0.5, 0.6) is 0 Å². The number of nitrogens with two attached hydrogens (primary N) is 1. The molecule has 1 heterocycles. The van der Waals surface area contributed by atoms with Crippen LogP contribution in [0.1, 0.15) is 33.1 Å². The summed E-state index contributed by atoms with van der Waals surface area (Å²) < 4.78 is 4.70. The van der Waals surface area contributed by atoms with Crippen molar-refractivity contribution < 1.29 is 14.3 Å². The molecule has 0 aromatic rings. The molecular formula is C12H23ClN2O3. The third-order valence-electron chi connectivity index (χ3n) is 3.05. The van der Waals surface area contributed by atoms with Crippen molar-refractivity contribution in [2.75, 3.05) is 13.7 Å². The lowest BCUT2D eigenvalue weighted by atomic mass is 10.0. The molecule has 0 aromatic heterocycles. The Hall–Kier alpha value is -0.810. The van der Waals surface area contributed by atoms with Gasteiger partial charge in [-0.15, -0.1) is 12.4 Å². The molecule has 0 aromatic carbocycles. The van der Waals surface area contributed by atoms with Crippen molar-refractivity contribution in [3.05, 3.63) is 0 Å². The van der Waals surface area contributed by atoms with Crippen LogP contribution in [0.15, 0.2) is 0 Å². The van der Waals surface area contributed by atoms with E-state index >= 15 is 0 Å². The minimum atomic E-state index is -0.514. The van der Waals surface area contributed by atoms with E-state index < -0.39 is 12.1 Å². The molecule has 0 saturated carbocycles. The SMILES string of the molecule is COC(=O)C1CCCN1C(=O)C(N)CC(C)C.Cl. The first-order valence-corrected chi connectivity index (χ1v) is 6.11. The summed E-state index contributed by atoms with van der Waals surface area (Å²) in [6, 6.07) is -0.953. The fraction of sp³-hybridized carbons (Fsp3) is 0.833. The van der Waals surface area contributed by atoms with Crippen LogP contribution in [0.25, 0.3) is 0 Å². The summed E-state index contributed by atoms with van der Waals surface area (Å²) in [5, 5.41) is 0. The predicted molar refractivity (Wildman–Crippen MR) is 71.4 cm³/mol. The van der Waals surface area contributed by atoms with Gasteiger partial charge in [-0.2, -0.15) is 0 Å². The molecule has 0 bridgehead atoms. The average molecular weight is 279 g/mol. The molecule has 2 unspecified atom stereocenters. The van der Waals surface area contributed by atoms with Gasteiger partial charge in [0.1, 0.15) is 6.04 Å². The number of methoxy groups -OCH3 is 1. The number of carbonyl (C=O) groups excluding carboxylic acids is 2. The van der Waals surface area contributed by atoms with E-state index in [1.807, 2.05) is 13.8 Å². The molecule has 1 amide bonds. The van der Waals surface area contributed by atoms with E-state index in [4.69, 9.17) is 10.5 Å². The van der Waals surface area contributed by atoms with Crippen molar-refractivity contribution in [1.29, 1.82) is 0 Å². The molecule has 2 N–H and O–H groups in total. The monoisotopic (exact) mass is 278 g/mol. The number of hydrogen-bond donors (Lipinski definition) is 1. The van der Waals surface area contributed by atoms with Gasteiger partial charge in [-0.1, -0.05) is 13.8 Å². The normalized spacial score (nSPS) is 20.5. The van der Waals surface area contributed by atoms with Gasteiger partial charge in [0.25, 0.3) is 0 Å². The minimum Gasteiger partial charge on any atom is -0.467 e.